The third-order valence-electron chi connectivity index (χ3n) is 4.73. The molecule has 3 rings (SSSR count). The maximum atomic E-state index is 12.0. The topological polar surface area (TPSA) is 71.5 Å². The van der Waals surface area contributed by atoms with Gasteiger partial charge >= 0.3 is 0 Å². The normalized spacial score (nSPS) is 10.8. The van der Waals surface area contributed by atoms with Crippen molar-refractivity contribution in [2.45, 2.75) is 33.8 Å². The fraction of sp³-hybridized carbons (Fsp3) is 0.250. The molecule has 0 saturated heterocycles. The van der Waals surface area contributed by atoms with Crippen LogP contribution >= 0.6 is 0 Å². The molecule has 0 aliphatic heterocycles. The van der Waals surface area contributed by atoms with Crippen molar-refractivity contribution in [1.82, 2.24) is 4.98 Å². The maximum absolute atomic E-state index is 12.0. The molecule has 29 heavy (non-hydrogen) atoms. The highest BCUT2D eigenvalue weighted by Gasteiger charge is 2.15. The van der Waals surface area contributed by atoms with E-state index in [2.05, 4.69) is 10.3 Å². The van der Waals surface area contributed by atoms with Crippen LogP contribution in [-0.4, -0.2) is 15.9 Å². The number of rotatable bonds is 8. The highest BCUT2D eigenvalue weighted by atomic mass is 16.5. The summed E-state index contributed by atoms with van der Waals surface area (Å²) >= 11 is 0. The van der Waals surface area contributed by atoms with Crippen LogP contribution in [0.1, 0.15) is 30.5 Å². The second kappa shape index (κ2) is 9.24. The number of hydrogen-bond donors (Lipinski definition) is 2. The first kappa shape index (κ1) is 20.4. The average molecular weight is 390 g/mol. The number of nitrogens with zero attached hydrogens (tertiary/aromatic N) is 1. The molecule has 0 atom stereocenters. The van der Waals surface area contributed by atoms with Crippen LogP contribution in [0, 0.1) is 12.8 Å². The molecule has 0 bridgehead atoms. The average Bonchev–Trinajstić information content (AvgIpc) is 2.72. The molecule has 1 heterocycles. The van der Waals surface area contributed by atoms with Crippen molar-refractivity contribution in [3.8, 4) is 11.5 Å². The van der Waals surface area contributed by atoms with E-state index < -0.39 is 0 Å². The van der Waals surface area contributed by atoms with E-state index in [1.54, 1.807) is 19.2 Å². The number of hydrogen-bond acceptors (Lipinski definition) is 5. The van der Waals surface area contributed by atoms with Crippen molar-refractivity contribution in [2.75, 3.05) is 5.32 Å². The van der Waals surface area contributed by atoms with Gasteiger partial charge in [0.05, 0.1) is 0 Å². The van der Waals surface area contributed by atoms with Crippen molar-refractivity contribution in [3.05, 3.63) is 77.5 Å². The fourth-order valence-corrected chi connectivity index (χ4v) is 2.91. The first-order chi connectivity index (χ1) is 13.9. The molecule has 150 valence electrons. The van der Waals surface area contributed by atoms with E-state index in [0.717, 1.165) is 17.1 Å². The van der Waals surface area contributed by atoms with E-state index in [1.165, 1.54) is 0 Å². The summed E-state index contributed by atoms with van der Waals surface area (Å²) in [7, 11) is 0. The highest BCUT2D eigenvalue weighted by Crippen LogP contribution is 2.32. The SMILES string of the molecule is Cc1c(OCc2cccc(Nc3ccccn3)c2)ccc(CC(=O)C(C)C)c1O. The van der Waals surface area contributed by atoms with Crippen LogP contribution in [0.15, 0.2) is 60.8 Å². The summed E-state index contributed by atoms with van der Waals surface area (Å²) < 4.78 is 5.93. The van der Waals surface area contributed by atoms with Gasteiger partial charge in [-0.2, -0.15) is 0 Å². The lowest BCUT2D eigenvalue weighted by Crippen LogP contribution is -2.10. The lowest BCUT2D eigenvalue weighted by molar-refractivity contribution is -0.121. The van der Waals surface area contributed by atoms with Crippen molar-refractivity contribution < 1.29 is 14.6 Å². The Labute approximate surface area is 171 Å². The fourth-order valence-electron chi connectivity index (χ4n) is 2.91. The number of ether oxygens (including phenoxy) is 1. The molecule has 0 spiro atoms. The van der Waals surface area contributed by atoms with Crippen LogP contribution in [-0.2, 0) is 17.8 Å². The van der Waals surface area contributed by atoms with Gasteiger partial charge in [0.2, 0.25) is 0 Å². The molecule has 0 unspecified atom stereocenters. The van der Waals surface area contributed by atoms with Gasteiger partial charge in [0, 0.05) is 35.3 Å². The largest absolute Gasteiger partial charge is 0.507 e. The van der Waals surface area contributed by atoms with Gasteiger partial charge in [-0.25, -0.2) is 4.98 Å². The smallest absolute Gasteiger partial charge is 0.139 e. The number of nitrogens with one attached hydrogen (secondary N) is 1. The van der Waals surface area contributed by atoms with Gasteiger partial charge < -0.3 is 15.2 Å². The molecule has 0 fully saturated rings. The quantitative estimate of drug-likeness (QED) is 0.554. The molecule has 1 aromatic heterocycles. The predicted molar refractivity (Wildman–Crippen MR) is 115 cm³/mol. The predicted octanol–water partition coefficient (Wildman–Crippen LogP) is 5.19. The number of ketones is 1. The van der Waals surface area contributed by atoms with Crippen molar-refractivity contribution in [2.24, 2.45) is 5.92 Å². The molecule has 2 aromatic carbocycles. The molecular formula is C24H26N2O3. The van der Waals surface area contributed by atoms with Crippen molar-refractivity contribution in [3.63, 3.8) is 0 Å². The molecular weight excluding hydrogens is 364 g/mol. The summed E-state index contributed by atoms with van der Waals surface area (Å²) in [5.41, 5.74) is 3.19. The maximum Gasteiger partial charge on any atom is 0.139 e. The summed E-state index contributed by atoms with van der Waals surface area (Å²) in [4.78, 5) is 16.2. The molecule has 5 nitrogen and oxygen atoms in total. The van der Waals surface area contributed by atoms with Gasteiger partial charge in [-0.15, -0.1) is 0 Å². The Morgan fingerprint density at radius 1 is 1.14 bits per heavy atom. The summed E-state index contributed by atoms with van der Waals surface area (Å²) in [5, 5.41) is 13.7. The number of pyridine rings is 1. The van der Waals surface area contributed by atoms with E-state index >= 15 is 0 Å². The zero-order valence-corrected chi connectivity index (χ0v) is 17.0. The van der Waals surface area contributed by atoms with Crippen LogP contribution in [0.4, 0.5) is 11.5 Å². The van der Waals surface area contributed by atoms with Crippen LogP contribution in [0.25, 0.3) is 0 Å². The second-order valence-corrected chi connectivity index (χ2v) is 7.32. The van der Waals surface area contributed by atoms with Gasteiger partial charge in [-0.1, -0.05) is 38.1 Å². The molecule has 0 aliphatic carbocycles. The Balaban J connectivity index is 1.67. The highest BCUT2D eigenvalue weighted by molar-refractivity contribution is 5.83. The Morgan fingerprint density at radius 2 is 1.97 bits per heavy atom. The molecule has 3 aromatic rings. The summed E-state index contributed by atoms with van der Waals surface area (Å²) in [6, 6.07) is 17.2. The summed E-state index contributed by atoms with van der Waals surface area (Å²) in [6.07, 6.45) is 1.97. The zero-order valence-electron chi connectivity index (χ0n) is 17.0. The van der Waals surface area contributed by atoms with Crippen LogP contribution < -0.4 is 10.1 Å². The van der Waals surface area contributed by atoms with Gasteiger partial charge in [-0.3, -0.25) is 4.79 Å². The van der Waals surface area contributed by atoms with Gasteiger partial charge in [0.1, 0.15) is 29.7 Å². The van der Waals surface area contributed by atoms with Crippen LogP contribution in [0.3, 0.4) is 0 Å². The van der Waals surface area contributed by atoms with E-state index in [1.807, 2.05) is 62.4 Å². The summed E-state index contributed by atoms with van der Waals surface area (Å²) in [5.74, 6) is 1.55. The number of benzene rings is 2. The second-order valence-electron chi connectivity index (χ2n) is 7.32. The minimum absolute atomic E-state index is 0.0578. The molecule has 0 radical (unpaired) electrons. The number of aromatic hydroxyl groups is 1. The first-order valence-electron chi connectivity index (χ1n) is 9.68. The number of Topliss-reactive ketones (excluding diaryl/α,β-unsaturated/α-hetero) is 1. The molecule has 5 heteroatoms. The standard InChI is InChI=1S/C24H26N2O3/c1-16(2)21(27)14-19-10-11-22(17(3)24(19)28)29-15-18-7-6-8-20(13-18)26-23-9-4-5-12-25-23/h4-13,16,28H,14-15H2,1-3H3,(H,25,26). The Morgan fingerprint density at radius 3 is 2.69 bits per heavy atom. The first-order valence-corrected chi connectivity index (χ1v) is 9.68. The number of carbonyl (C=O) groups is 1. The summed E-state index contributed by atoms with van der Waals surface area (Å²) in [6.45, 7) is 5.89. The Kier molecular flexibility index (Phi) is 6.50. The number of phenols is 1. The van der Waals surface area contributed by atoms with Gasteiger partial charge in [0.25, 0.3) is 0 Å². The Hall–Kier alpha value is -3.34. The minimum Gasteiger partial charge on any atom is -0.507 e. The van der Waals surface area contributed by atoms with E-state index in [0.29, 0.717) is 23.5 Å². The molecule has 0 aliphatic rings. The third kappa shape index (κ3) is 5.35. The molecule has 0 amide bonds. The van der Waals surface area contributed by atoms with E-state index in [4.69, 9.17) is 4.74 Å². The minimum atomic E-state index is -0.0578. The zero-order chi connectivity index (χ0) is 20.8. The van der Waals surface area contributed by atoms with E-state index in [9.17, 15) is 9.90 Å². The number of carbonyl (C=O) groups excluding carboxylic acids is 1. The number of anilines is 2. The lowest BCUT2D eigenvalue weighted by Gasteiger charge is -2.14. The Bertz CT molecular complexity index is 985. The van der Waals surface area contributed by atoms with Crippen LogP contribution in [0.5, 0.6) is 11.5 Å². The molecule has 2 N–H and O–H groups in total. The van der Waals surface area contributed by atoms with Crippen molar-refractivity contribution in [1.29, 1.82) is 0 Å². The monoisotopic (exact) mass is 390 g/mol. The van der Waals surface area contributed by atoms with Crippen molar-refractivity contribution >= 4 is 17.3 Å². The van der Waals surface area contributed by atoms with E-state index in [-0.39, 0.29) is 23.9 Å². The van der Waals surface area contributed by atoms with Gasteiger partial charge in [0.15, 0.2) is 0 Å². The number of phenolic OH excluding ortho intramolecular Hbond substituents is 1. The van der Waals surface area contributed by atoms with Crippen LogP contribution in [0.2, 0.25) is 0 Å². The lowest BCUT2D eigenvalue weighted by atomic mass is 9.98. The number of aromatic nitrogens is 1. The molecule has 0 saturated carbocycles. The van der Waals surface area contributed by atoms with Gasteiger partial charge in [-0.05, 0) is 42.8 Å². The third-order valence-corrected chi connectivity index (χ3v) is 4.73.